The summed E-state index contributed by atoms with van der Waals surface area (Å²) in [6, 6.07) is 3.02. The highest BCUT2D eigenvalue weighted by Crippen LogP contribution is 2.47. The van der Waals surface area contributed by atoms with Gasteiger partial charge in [-0.15, -0.1) is 0 Å². The Bertz CT molecular complexity index is 1150. The average Bonchev–Trinajstić information content (AvgIpc) is 3.37. The van der Waals surface area contributed by atoms with E-state index in [-0.39, 0.29) is 40.6 Å². The number of carbonyl (C=O) groups excluding carboxylic acids is 1. The van der Waals surface area contributed by atoms with Crippen LogP contribution in [-0.4, -0.2) is 47.6 Å². The monoisotopic (exact) mass is 443 g/mol. The first kappa shape index (κ1) is 21.3. The zero-order chi connectivity index (χ0) is 22.8. The van der Waals surface area contributed by atoms with E-state index in [1.807, 2.05) is 13.8 Å². The third kappa shape index (κ3) is 3.19. The third-order valence-electron chi connectivity index (χ3n) is 7.48. The maximum atomic E-state index is 12.9. The molecule has 1 aromatic heterocycles. The Morgan fingerprint density at radius 3 is 2.59 bits per heavy atom. The Hall–Kier alpha value is -2.58. The van der Waals surface area contributed by atoms with Gasteiger partial charge in [-0.05, 0) is 53.6 Å². The van der Waals surface area contributed by atoms with Crippen LogP contribution in [0.15, 0.2) is 21.3 Å². The Morgan fingerprint density at radius 1 is 1.25 bits per heavy atom. The second-order valence-corrected chi connectivity index (χ2v) is 9.57. The molecule has 0 amide bonds. The van der Waals surface area contributed by atoms with Crippen LogP contribution in [-0.2, 0) is 20.7 Å². The van der Waals surface area contributed by atoms with Crippen molar-refractivity contribution in [2.75, 3.05) is 13.1 Å². The number of esters is 1. The predicted molar refractivity (Wildman–Crippen MR) is 116 cm³/mol. The van der Waals surface area contributed by atoms with Crippen molar-refractivity contribution in [1.29, 1.82) is 0 Å². The van der Waals surface area contributed by atoms with Gasteiger partial charge < -0.3 is 29.1 Å². The predicted octanol–water partition coefficient (Wildman–Crippen LogP) is 2.59. The SMILES string of the molecule is Cc1cc(=O)c2c(O)c3c(cc2o1)O[C@@](C)(C1CCNCC1)[C@H](OC(=O)[C@@]1(C)O[C@@H]1C)C3. The summed E-state index contributed by atoms with van der Waals surface area (Å²) in [6.45, 7) is 8.92. The molecule has 8 heteroatoms. The van der Waals surface area contributed by atoms with Gasteiger partial charge in [-0.1, -0.05) is 0 Å². The molecule has 0 spiro atoms. The van der Waals surface area contributed by atoms with Gasteiger partial charge in [0.15, 0.2) is 11.0 Å². The minimum Gasteiger partial charge on any atom is -0.507 e. The molecule has 5 rings (SSSR count). The van der Waals surface area contributed by atoms with Crippen molar-refractivity contribution in [2.24, 2.45) is 5.92 Å². The number of phenols is 1. The van der Waals surface area contributed by atoms with E-state index in [4.69, 9.17) is 18.6 Å². The van der Waals surface area contributed by atoms with Gasteiger partial charge in [0.1, 0.15) is 39.9 Å². The first-order valence-corrected chi connectivity index (χ1v) is 11.2. The van der Waals surface area contributed by atoms with E-state index >= 15 is 0 Å². The Morgan fingerprint density at radius 2 is 1.94 bits per heavy atom. The highest BCUT2D eigenvalue weighted by molar-refractivity contribution is 5.87. The van der Waals surface area contributed by atoms with Gasteiger partial charge in [-0.3, -0.25) is 4.79 Å². The molecular formula is C24H29NO7. The van der Waals surface area contributed by atoms with Gasteiger partial charge >= 0.3 is 5.97 Å². The van der Waals surface area contributed by atoms with Crippen molar-refractivity contribution in [3.63, 3.8) is 0 Å². The van der Waals surface area contributed by atoms with Gasteiger partial charge in [-0.25, -0.2) is 4.79 Å². The summed E-state index contributed by atoms with van der Waals surface area (Å²) in [4.78, 5) is 25.5. The Balaban J connectivity index is 1.59. The molecule has 0 radical (unpaired) electrons. The van der Waals surface area contributed by atoms with Crippen LogP contribution in [0.5, 0.6) is 11.5 Å². The molecule has 4 heterocycles. The van der Waals surface area contributed by atoms with E-state index in [0.717, 1.165) is 25.9 Å². The lowest BCUT2D eigenvalue weighted by Crippen LogP contribution is -2.58. The maximum absolute atomic E-state index is 12.9. The number of benzene rings is 1. The van der Waals surface area contributed by atoms with E-state index in [0.29, 0.717) is 17.1 Å². The van der Waals surface area contributed by atoms with Crippen LogP contribution in [0.25, 0.3) is 11.0 Å². The lowest BCUT2D eigenvalue weighted by atomic mass is 9.75. The molecule has 2 fully saturated rings. The molecule has 172 valence electrons. The number of epoxide rings is 1. The quantitative estimate of drug-likeness (QED) is 0.550. The minimum absolute atomic E-state index is 0.111. The van der Waals surface area contributed by atoms with Crippen LogP contribution in [0.1, 0.15) is 44.9 Å². The van der Waals surface area contributed by atoms with Crippen LogP contribution in [0.2, 0.25) is 0 Å². The second-order valence-electron chi connectivity index (χ2n) is 9.57. The molecule has 0 aliphatic carbocycles. The summed E-state index contributed by atoms with van der Waals surface area (Å²) < 4.78 is 23.7. The topological polar surface area (TPSA) is 111 Å². The van der Waals surface area contributed by atoms with Crippen molar-refractivity contribution in [3.05, 3.63) is 33.7 Å². The van der Waals surface area contributed by atoms with Crippen molar-refractivity contribution in [2.45, 2.75) is 70.4 Å². The van der Waals surface area contributed by atoms with Gasteiger partial charge in [-0.2, -0.15) is 0 Å². The van der Waals surface area contributed by atoms with Crippen LogP contribution >= 0.6 is 0 Å². The maximum Gasteiger partial charge on any atom is 0.341 e. The van der Waals surface area contributed by atoms with Crippen LogP contribution in [0, 0.1) is 12.8 Å². The van der Waals surface area contributed by atoms with E-state index in [2.05, 4.69) is 5.32 Å². The molecular weight excluding hydrogens is 414 g/mol. The van der Waals surface area contributed by atoms with Crippen LogP contribution in [0.4, 0.5) is 0 Å². The van der Waals surface area contributed by atoms with Gasteiger partial charge in [0.2, 0.25) is 0 Å². The van der Waals surface area contributed by atoms with Crippen molar-refractivity contribution < 1.29 is 28.5 Å². The van der Waals surface area contributed by atoms with E-state index < -0.39 is 23.3 Å². The van der Waals surface area contributed by atoms with Gasteiger partial charge in [0, 0.05) is 30.0 Å². The Labute approximate surface area is 185 Å². The van der Waals surface area contributed by atoms with Crippen molar-refractivity contribution in [1.82, 2.24) is 5.32 Å². The lowest BCUT2D eigenvalue weighted by Gasteiger charge is -2.47. The molecule has 2 aromatic rings. The summed E-state index contributed by atoms with van der Waals surface area (Å²) in [5.41, 5.74) is -1.35. The second kappa shape index (κ2) is 7.22. The zero-order valence-corrected chi connectivity index (χ0v) is 18.8. The first-order valence-electron chi connectivity index (χ1n) is 11.2. The number of fused-ring (bicyclic) bond motifs is 2. The number of phenolic OH excluding ortho intramolecular Hbond substituents is 1. The molecule has 0 unspecified atom stereocenters. The number of ether oxygens (including phenoxy) is 3. The smallest absolute Gasteiger partial charge is 0.341 e. The number of nitrogens with one attached hydrogen (secondary N) is 1. The summed E-state index contributed by atoms with van der Waals surface area (Å²) >= 11 is 0. The molecule has 2 N–H and O–H groups in total. The number of aryl methyl sites for hydroxylation is 1. The number of piperidine rings is 1. The largest absolute Gasteiger partial charge is 0.507 e. The van der Waals surface area contributed by atoms with Crippen molar-refractivity contribution in [3.8, 4) is 11.5 Å². The van der Waals surface area contributed by atoms with E-state index in [1.54, 1.807) is 19.9 Å². The summed E-state index contributed by atoms with van der Waals surface area (Å²) in [5.74, 6) is 0.443. The molecule has 3 aliphatic rings. The number of hydrogen-bond acceptors (Lipinski definition) is 8. The molecule has 3 aliphatic heterocycles. The standard InChI is InChI=1S/C24H29NO7/c1-12-9-16(26)20-18(29-12)11-17-15(21(20)27)10-19(30-22(28)23(3)13(2)31-23)24(4,32-17)14-5-7-25-8-6-14/h9,11,13-14,19,25,27H,5-8,10H2,1-4H3/t13-,19-,23+,24+/m1/s1. The number of hydrogen-bond donors (Lipinski definition) is 2. The summed E-state index contributed by atoms with van der Waals surface area (Å²) in [7, 11) is 0. The molecule has 0 bridgehead atoms. The molecule has 4 atom stereocenters. The van der Waals surface area contributed by atoms with Gasteiger partial charge in [0.05, 0.1) is 6.10 Å². The lowest BCUT2D eigenvalue weighted by molar-refractivity contribution is -0.175. The third-order valence-corrected chi connectivity index (χ3v) is 7.48. The minimum atomic E-state index is -0.959. The zero-order valence-electron chi connectivity index (χ0n) is 18.8. The summed E-state index contributed by atoms with van der Waals surface area (Å²) in [6.07, 6.45) is 1.14. The molecule has 0 saturated carbocycles. The fraction of sp³-hybridized carbons (Fsp3) is 0.583. The summed E-state index contributed by atoms with van der Waals surface area (Å²) in [5, 5.41) is 14.5. The number of rotatable bonds is 3. The average molecular weight is 443 g/mol. The molecule has 2 saturated heterocycles. The molecule has 8 nitrogen and oxygen atoms in total. The van der Waals surface area contributed by atoms with Crippen LogP contribution in [0.3, 0.4) is 0 Å². The van der Waals surface area contributed by atoms with Gasteiger partial charge in [0.25, 0.3) is 0 Å². The number of carbonyl (C=O) groups is 1. The number of aromatic hydroxyl groups is 1. The Kier molecular flexibility index (Phi) is 4.80. The highest BCUT2D eigenvalue weighted by Gasteiger charge is 2.59. The molecule has 32 heavy (non-hydrogen) atoms. The van der Waals surface area contributed by atoms with Crippen molar-refractivity contribution >= 4 is 16.9 Å². The molecule has 1 aromatic carbocycles. The normalized spacial score (nSPS) is 32.2. The van der Waals surface area contributed by atoms with E-state index in [1.165, 1.54) is 6.07 Å². The first-order chi connectivity index (χ1) is 15.1. The fourth-order valence-electron chi connectivity index (χ4n) is 5.11. The highest BCUT2D eigenvalue weighted by atomic mass is 16.7. The fourth-order valence-corrected chi connectivity index (χ4v) is 5.11. The van der Waals surface area contributed by atoms with Crippen LogP contribution < -0.4 is 15.5 Å². The van der Waals surface area contributed by atoms with E-state index in [9.17, 15) is 14.7 Å².